The second kappa shape index (κ2) is 1.97. The highest BCUT2D eigenvalue weighted by molar-refractivity contribution is 5.71. The van der Waals surface area contributed by atoms with E-state index in [9.17, 15) is 4.79 Å². The first-order valence-electron chi connectivity index (χ1n) is 4.10. The zero-order chi connectivity index (χ0) is 8.06. The predicted molar refractivity (Wildman–Crippen MR) is 39.6 cm³/mol. The number of hydrogen-bond acceptors (Lipinski definition) is 3. The van der Waals surface area contributed by atoms with Gasteiger partial charge in [0.2, 0.25) is 0 Å². The van der Waals surface area contributed by atoms with Gasteiger partial charge < -0.3 is 4.84 Å². The maximum absolute atomic E-state index is 10.9. The van der Waals surface area contributed by atoms with E-state index in [-0.39, 0.29) is 11.5 Å². The lowest BCUT2D eigenvalue weighted by molar-refractivity contribution is -0.191. The van der Waals surface area contributed by atoms with Crippen LogP contribution in [-0.4, -0.2) is 22.6 Å². The van der Waals surface area contributed by atoms with Gasteiger partial charge in [0, 0.05) is 0 Å². The fourth-order valence-electron chi connectivity index (χ4n) is 1.96. The summed E-state index contributed by atoms with van der Waals surface area (Å²) < 4.78 is 0. The molecule has 2 fully saturated rings. The van der Waals surface area contributed by atoms with E-state index in [2.05, 4.69) is 13.8 Å². The van der Waals surface area contributed by atoms with Crippen LogP contribution in [0.4, 0.5) is 0 Å². The van der Waals surface area contributed by atoms with E-state index < -0.39 is 0 Å². The van der Waals surface area contributed by atoms with Gasteiger partial charge >= 0.3 is 5.97 Å². The fourth-order valence-corrected chi connectivity index (χ4v) is 1.96. The summed E-state index contributed by atoms with van der Waals surface area (Å²) in [5, 5.41) is 1.87. The van der Waals surface area contributed by atoms with Gasteiger partial charge in [-0.25, -0.2) is 0 Å². The lowest BCUT2D eigenvalue weighted by atomic mass is 10.0. The highest BCUT2D eigenvalue weighted by Crippen LogP contribution is 2.38. The average Bonchev–Trinajstić information content (AvgIpc) is 2.35. The van der Waals surface area contributed by atoms with Crippen molar-refractivity contribution < 1.29 is 9.63 Å². The third kappa shape index (κ3) is 0.948. The molecule has 3 nitrogen and oxygen atoms in total. The van der Waals surface area contributed by atoms with E-state index in [0.717, 1.165) is 12.8 Å². The Bertz CT molecular complexity index is 200. The van der Waals surface area contributed by atoms with Gasteiger partial charge in [-0.15, -0.1) is 5.06 Å². The van der Waals surface area contributed by atoms with Crippen LogP contribution in [0.1, 0.15) is 33.1 Å². The number of rotatable bonds is 0. The summed E-state index contributed by atoms with van der Waals surface area (Å²) in [7, 11) is 0. The third-order valence-corrected chi connectivity index (χ3v) is 2.62. The Hall–Kier alpha value is -0.570. The van der Waals surface area contributed by atoms with Gasteiger partial charge in [0.05, 0.1) is 18.0 Å². The normalized spacial score (nSPS) is 35.5. The monoisotopic (exact) mass is 155 g/mol. The first kappa shape index (κ1) is 7.10. The largest absolute Gasteiger partial charge is 0.367 e. The molecule has 2 rings (SSSR count). The van der Waals surface area contributed by atoms with Crippen molar-refractivity contribution in [1.29, 1.82) is 0 Å². The number of carbonyl (C=O) groups is 1. The van der Waals surface area contributed by atoms with Crippen molar-refractivity contribution in [3.8, 4) is 0 Å². The molecule has 0 radical (unpaired) electrons. The Labute approximate surface area is 66.3 Å². The topological polar surface area (TPSA) is 29.5 Å². The minimum absolute atomic E-state index is 0.0663. The minimum Gasteiger partial charge on any atom is -0.367 e. The molecule has 1 atom stereocenters. The van der Waals surface area contributed by atoms with E-state index in [0.29, 0.717) is 12.5 Å². The van der Waals surface area contributed by atoms with Crippen LogP contribution in [0.15, 0.2) is 0 Å². The first-order valence-corrected chi connectivity index (χ1v) is 4.10. The maximum Gasteiger partial charge on any atom is 0.326 e. The molecule has 0 bridgehead atoms. The fraction of sp³-hybridized carbons (Fsp3) is 0.875. The molecule has 0 aromatic rings. The van der Waals surface area contributed by atoms with Crippen LogP contribution in [0.25, 0.3) is 0 Å². The van der Waals surface area contributed by atoms with E-state index in [4.69, 9.17) is 4.84 Å². The second-order valence-corrected chi connectivity index (χ2v) is 4.00. The summed E-state index contributed by atoms with van der Waals surface area (Å²) in [5.74, 6) is -0.0669. The third-order valence-electron chi connectivity index (χ3n) is 2.62. The molecule has 1 unspecified atom stereocenters. The smallest absolute Gasteiger partial charge is 0.326 e. The SMILES string of the molecule is CC1(C)CCC2CC(=O)ON21. The van der Waals surface area contributed by atoms with E-state index in [1.54, 1.807) is 0 Å². The highest BCUT2D eigenvalue weighted by Gasteiger charge is 2.47. The standard InChI is InChI=1S/C8H13NO2/c1-8(2)4-3-6-5-7(10)11-9(6)8/h6H,3-5H2,1-2H3. The Kier molecular flexibility index (Phi) is 1.27. The molecule has 0 aromatic heterocycles. The van der Waals surface area contributed by atoms with Crippen molar-refractivity contribution in [2.24, 2.45) is 0 Å². The Balaban J connectivity index is 2.19. The first-order chi connectivity index (χ1) is 5.09. The van der Waals surface area contributed by atoms with Crippen molar-refractivity contribution in [3.63, 3.8) is 0 Å². The molecule has 0 spiro atoms. The summed E-state index contributed by atoms with van der Waals surface area (Å²) in [5.41, 5.74) is 0.0663. The zero-order valence-corrected chi connectivity index (χ0v) is 6.96. The Morgan fingerprint density at radius 2 is 2.36 bits per heavy atom. The number of carbonyl (C=O) groups excluding carboxylic acids is 1. The number of fused-ring (bicyclic) bond motifs is 1. The summed E-state index contributed by atoms with van der Waals surface area (Å²) in [6, 6.07) is 0.359. The molecule has 2 saturated heterocycles. The molecule has 2 aliphatic heterocycles. The Morgan fingerprint density at radius 3 is 3.00 bits per heavy atom. The molecule has 0 amide bonds. The molecule has 0 saturated carbocycles. The van der Waals surface area contributed by atoms with Gasteiger partial charge in [-0.2, -0.15) is 0 Å². The summed E-state index contributed by atoms with van der Waals surface area (Å²) in [4.78, 5) is 16.0. The summed E-state index contributed by atoms with van der Waals surface area (Å²) in [6.07, 6.45) is 2.81. The summed E-state index contributed by atoms with van der Waals surface area (Å²) >= 11 is 0. The average molecular weight is 155 g/mol. The van der Waals surface area contributed by atoms with E-state index in [1.165, 1.54) is 0 Å². The molecule has 2 aliphatic rings. The van der Waals surface area contributed by atoms with Crippen LogP contribution >= 0.6 is 0 Å². The van der Waals surface area contributed by atoms with Crippen LogP contribution in [0.3, 0.4) is 0 Å². The van der Waals surface area contributed by atoms with Crippen molar-refractivity contribution in [1.82, 2.24) is 5.06 Å². The number of hydroxylamine groups is 2. The predicted octanol–water partition coefficient (Wildman–Crippen LogP) is 1.09. The molecular formula is C8H13NO2. The lowest BCUT2D eigenvalue weighted by Crippen LogP contribution is -2.38. The van der Waals surface area contributed by atoms with Crippen LogP contribution in [0, 0.1) is 0 Å². The molecule has 0 N–H and O–H groups in total. The van der Waals surface area contributed by atoms with Crippen molar-refractivity contribution in [3.05, 3.63) is 0 Å². The van der Waals surface area contributed by atoms with E-state index >= 15 is 0 Å². The maximum atomic E-state index is 10.9. The van der Waals surface area contributed by atoms with Crippen LogP contribution < -0.4 is 0 Å². The van der Waals surface area contributed by atoms with E-state index in [1.807, 2.05) is 5.06 Å². The molecule has 11 heavy (non-hydrogen) atoms. The second-order valence-electron chi connectivity index (χ2n) is 4.00. The molecular weight excluding hydrogens is 142 g/mol. The molecule has 2 heterocycles. The highest BCUT2D eigenvalue weighted by atomic mass is 16.7. The van der Waals surface area contributed by atoms with Crippen LogP contribution in [0.2, 0.25) is 0 Å². The summed E-state index contributed by atoms with van der Waals surface area (Å²) in [6.45, 7) is 4.23. The van der Waals surface area contributed by atoms with Gasteiger partial charge in [0.25, 0.3) is 0 Å². The molecule has 3 heteroatoms. The zero-order valence-electron chi connectivity index (χ0n) is 6.96. The molecule has 0 aromatic carbocycles. The lowest BCUT2D eigenvalue weighted by Gasteiger charge is -2.27. The molecule has 0 aliphatic carbocycles. The van der Waals surface area contributed by atoms with Crippen LogP contribution in [-0.2, 0) is 9.63 Å². The van der Waals surface area contributed by atoms with Gasteiger partial charge in [-0.1, -0.05) is 0 Å². The van der Waals surface area contributed by atoms with Gasteiger partial charge in [0.1, 0.15) is 0 Å². The number of nitrogens with zero attached hydrogens (tertiary/aromatic N) is 1. The van der Waals surface area contributed by atoms with Gasteiger partial charge in [0.15, 0.2) is 0 Å². The van der Waals surface area contributed by atoms with Crippen molar-refractivity contribution >= 4 is 5.97 Å². The number of hydrogen-bond donors (Lipinski definition) is 0. The van der Waals surface area contributed by atoms with Gasteiger partial charge in [-0.3, -0.25) is 4.79 Å². The van der Waals surface area contributed by atoms with Gasteiger partial charge in [-0.05, 0) is 26.7 Å². The Morgan fingerprint density at radius 1 is 1.64 bits per heavy atom. The quantitative estimate of drug-likeness (QED) is 0.524. The minimum atomic E-state index is -0.0669. The van der Waals surface area contributed by atoms with Crippen LogP contribution in [0.5, 0.6) is 0 Å². The van der Waals surface area contributed by atoms with Crippen molar-refractivity contribution in [2.75, 3.05) is 0 Å². The van der Waals surface area contributed by atoms with Crippen molar-refractivity contribution in [2.45, 2.75) is 44.7 Å². The molecule has 62 valence electrons.